The normalized spacial score (nSPS) is 15.6. The van der Waals surface area contributed by atoms with E-state index in [1.165, 1.54) is 17.0 Å². The lowest BCUT2D eigenvalue weighted by Gasteiger charge is -2.37. The zero-order valence-corrected chi connectivity index (χ0v) is 31.8. The zero-order chi connectivity index (χ0) is 40.2. The van der Waals surface area contributed by atoms with Crippen LogP contribution in [0.25, 0.3) is 10.9 Å². The average molecular weight is 787 g/mol. The molecule has 5 amide bonds. The maximum Gasteiger partial charge on any atom is 0.303 e. The molecule has 0 aliphatic carbocycles. The van der Waals surface area contributed by atoms with Gasteiger partial charge in [0.25, 0.3) is 0 Å². The predicted molar refractivity (Wildman–Crippen MR) is 210 cm³/mol. The van der Waals surface area contributed by atoms with E-state index in [2.05, 4.69) is 26.3 Å². The number of H-pyrrole nitrogens is 1. The molecular weight excluding hydrogens is 740 g/mol. The highest BCUT2D eigenvalue weighted by molar-refractivity contribution is 6.27. The summed E-state index contributed by atoms with van der Waals surface area (Å²) in [7, 11) is 0. The number of alkyl halides is 1. The number of rotatable bonds is 17. The van der Waals surface area contributed by atoms with Gasteiger partial charge in [-0.25, -0.2) is 0 Å². The topological polar surface area (TPSA) is 210 Å². The molecular formula is C41H47ClN6O8. The second kappa shape index (κ2) is 19.6. The minimum atomic E-state index is -1.23. The number of para-hydroxylation sites is 1. The van der Waals surface area contributed by atoms with Crippen LogP contribution in [0.5, 0.6) is 5.75 Å². The molecule has 7 N–H and O–H groups in total. The molecule has 1 aromatic heterocycles. The molecule has 0 saturated carbocycles. The summed E-state index contributed by atoms with van der Waals surface area (Å²) in [6.45, 7) is 2.34. The van der Waals surface area contributed by atoms with Crippen molar-refractivity contribution in [2.45, 2.75) is 82.6 Å². The van der Waals surface area contributed by atoms with E-state index >= 15 is 0 Å². The maximum absolute atomic E-state index is 14.4. The van der Waals surface area contributed by atoms with Gasteiger partial charge in [0, 0.05) is 49.5 Å². The second-order valence-corrected chi connectivity index (χ2v) is 14.3. The summed E-state index contributed by atoms with van der Waals surface area (Å²) >= 11 is 5.68. The van der Waals surface area contributed by atoms with Crippen molar-refractivity contribution in [2.24, 2.45) is 0 Å². The number of aromatic nitrogens is 1. The van der Waals surface area contributed by atoms with Crippen molar-refractivity contribution < 1.29 is 39.0 Å². The summed E-state index contributed by atoms with van der Waals surface area (Å²) in [4.78, 5) is 84.3. The van der Waals surface area contributed by atoms with E-state index in [1.807, 2.05) is 55.5 Å². The Morgan fingerprint density at radius 1 is 0.839 bits per heavy atom. The van der Waals surface area contributed by atoms with Crippen molar-refractivity contribution in [2.75, 3.05) is 12.4 Å². The average Bonchev–Trinajstić information content (AvgIpc) is 3.61. The van der Waals surface area contributed by atoms with Crippen LogP contribution in [-0.4, -0.2) is 92.2 Å². The smallest absolute Gasteiger partial charge is 0.303 e. The summed E-state index contributed by atoms with van der Waals surface area (Å²) in [5.41, 5.74) is 4.16. The molecule has 0 spiro atoms. The largest absolute Gasteiger partial charge is 0.508 e. The molecule has 0 bridgehead atoms. The monoisotopic (exact) mass is 786 g/mol. The summed E-state index contributed by atoms with van der Waals surface area (Å²) < 4.78 is 0. The Balaban J connectivity index is 1.41. The van der Waals surface area contributed by atoms with Gasteiger partial charge in [-0.3, -0.25) is 28.8 Å². The fraction of sp³-hybridized carbons (Fsp3) is 0.366. The van der Waals surface area contributed by atoms with Crippen LogP contribution in [0, 0.1) is 6.92 Å². The molecule has 296 valence electrons. The van der Waals surface area contributed by atoms with Gasteiger partial charge in [0.05, 0.1) is 0 Å². The molecule has 0 radical (unpaired) electrons. The molecule has 5 rings (SSSR count). The lowest BCUT2D eigenvalue weighted by atomic mass is 9.97. The number of hydrogen-bond acceptors (Lipinski definition) is 7. The third-order valence-electron chi connectivity index (χ3n) is 9.82. The first-order valence-corrected chi connectivity index (χ1v) is 19.1. The third-order valence-corrected chi connectivity index (χ3v) is 10.1. The van der Waals surface area contributed by atoms with Gasteiger partial charge < -0.3 is 41.4 Å². The molecule has 4 unspecified atom stereocenters. The van der Waals surface area contributed by atoms with Crippen molar-refractivity contribution in [1.29, 1.82) is 0 Å². The molecule has 15 heteroatoms. The van der Waals surface area contributed by atoms with Crippen molar-refractivity contribution in [1.82, 2.24) is 31.2 Å². The van der Waals surface area contributed by atoms with E-state index in [0.717, 1.165) is 27.6 Å². The van der Waals surface area contributed by atoms with E-state index in [4.69, 9.17) is 11.6 Å². The molecule has 3 aromatic carbocycles. The predicted octanol–water partition coefficient (Wildman–Crippen LogP) is 3.22. The van der Waals surface area contributed by atoms with Gasteiger partial charge in [0.1, 0.15) is 35.8 Å². The Hall–Kier alpha value is -5.89. The van der Waals surface area contributed by atoms with E-state index < -0.39 is 72.0 Å². The van der Waals surface area contributed by atoms with Crippen molar-refractivity contribution in [3.63, 3.8) is 0 Å². The number of aryl methyl sites for hydroxylation is 1. The molecule has 14 nitrogen and oxygen atoms in total. The number of phenolic OH excluding ortho intramolecular Hbond substituents is 1. The number of amides is 5. The molecule has 1 fully saturated rings. The number of carboxylic acids is 1. The summed E-state index contributed by atoms with van der Waals surface area (Å²) in [6, 6.07) is 16.9. The zero-order valence-electron chi connectivity index (χ0n) is 31.1. The van der Waals surface area contributed by atoms with E-state index in [9.17, 15) is 39.0 Å². The Kier molecular flexibility index (Phi) is 14.5. The van der Waals surface area contributed by atoms with Crippen LogP contribution in [0.1, 0.15) is 54.4 Å². The van der Waals surface area contributed by atoms with Crippen LogP contribution in [-0.2, 0) is 48.2 Å². The fourth-order valence-electron chi connectivity index (χ4n) is 6.79. The van der Waals surface area contributed by atoms with Gasteiger partial charge in [-0.1, -0.05) is 60.2 Å². The molecule has 1 aliphatic rings. The number of phenols is 1. The first-order valence-electron chi connectivity index (χ1n) is 18.6. The van der Waals surface area contributed by atoms with Crippen LogP contribution in [0.3, 0.4) is 0 Å². The van der Waals surface area contributed by atoms with Gasteiger partial charge >= 0.3 is 5.97 Å². The summed E-state index contributed by atoms with van der Waals surface area (Å²) in [6.07, 6.45) is 2.69. The quantitative estimate of drug-likeness (QED) is 0.0789. The van der Waals surface area contributed by atoms with Gasteiger partial charge in [0.2, 0.25) is 29.5 Å². The Morgan fingerprint density at radius 3 is 2.25 bits per heavy atom. The molecule has 1 aliphatic heterocycles. The number of halogens is 1. The SMILES string of the molecule is Cc1ccc(CNC(=O)C(Cc2ccc(O)cc2)NC(=O)C(Cc2c[nH]c3ccccc23)NC(=O)C2CCCCN2C(=O)C(CCC(=O)O)NC(=O)CCl)cc1. The minimum absolute atomic E-state index is 0.0339. The number of aliphatic carboxylic acids is 1. The maximum atomic E-state index is 14.4. The van der Waals surface area contributed by atoms with E-state index in [0.29, 0.717) is 18.4 Å². The van der Waals surface area contributed by atoms with Crippen LogP contribution in [0.4, 0.5) is 0 Å². The number of aromatic amines is 1. The van der Waals surface area contributed by atoms with Crippen LogP contribution >= 0.6 is 11.6 Å². The van der Waals surface area contributed by atoms with Gasteiger partial charge in [0.15, 0.2) is 0 Å². The number of carbonyl (C=O) groups excluding carboxylic acids is 5. The number of likely N-dealkylation sites (tertiary alicyclic amines) is 1. The number of nitrogens with zero attached hydrogens (tertiary/aromatic N) is 1. The highest BCUT2D eigenvalue weighted by Gasteiger charge is 2.38. The van der Waals surface area contributed by atoms with Gasteiger partial charge in [-0.15, -0.1) is 11.6 Å². The third kappa shape index (κ3) is 11.3. The van der Waals surface area contributed by atoms with Crippen molar-refractivity contribution >= 4 is 58.0 Å². The Bertz CT molecular complexity index is 2020. The van der Waals surface area contributed by atoms with Crippen LogP contribution in [0.2, 0.25) is 0 Å². The highest BCUT2D eigenvalue weighted by atomic mass is 35.5. The van der Waals surface area contributed by atoms with Crippen LogP contribution < -0.4 is 21.3 Å². The number of nitrogens with one attached hydrogen (secondary N) is 5. The molecule has 2 heterocycles. The number of fused-ring (bicyclic) bond motifs is 1. The van der Waals surface area contributed by atoms with Gasteiger partial charge in [-0.05, 0) is 67.5 Å². The lowest BCUT2D eigenvalue weighted by Crippen LogP contribution is -2.61. The van der Waals surface area contributed by atoms with Crippen molar-refractivity contribution in [3.05, 3.63) is 101 Å². The van der Waals surface area contributed by atoms with E-state index in [-0.39, 0.29) is 44.5 Å². The molecule has 56 heavy (non-hydrogen) atoms. The van der Waals surface area contributed by atoms with E-state index in [1.54, 1.807) is 18.3 Å². The number of hydrogen-bond donors (Lipinski definition) is 7. The van der Waals surface area contributed by atoms with Crippen molar-refractivity contribution in [3.8, 4) is 5.75 Å². The molecule has 4 atom stereocenters. The number of aromatic hydroxyl groups is 1. The van der Waals surface area contributed by atoms with Gasteiger partial charge in [-0.2, -0.15) is 0 Å². The Labute approximate surface area is 329 Å². The minimum Gasteiger partial charge on any atom is -0.508 e. The highest BCUT2D eigenvalue weighted by Crippen LogP contribution is 2.22. The molecule has 1 saturated heterocycles. The standard InChI is InChI=1S/C41H47ClN6O8/c1-25-9-11-27(12-10-25)23-44-38(53)33(20-26-13-15-29(49)16-14-26)46-39(54)34(21-28-24-43-31-7-3-2-6-30(28)31)47-40(55)35-8-4-5-19-48(35)41(56)32(17-18-37(51)52)45-36(50)22-42/h2-3,6-7,9-16,24,32-35,43,49H,4-5,8,17-23H2,1H3,(H,44,53)(H,45,50)(H,46,54)(H,47,55)(H,51,52). The number of piperidine rings is 1. The molecule has 4 aromatic rings. The first kappa shape index (κ1) is 41.3. The lowest BCUT2D eigenvalue weighted by molar-refractivity contribution is -0.146. The van der Waals surface area contributed by atoms with Crippen LogP contribution in [0.15, 0.2) is 79.0 Å². The first-order chi connectivity index (χ1) is 26.9. The number of carbonyl (C=O) groups is 6. The summed E-state index contributed by atoms with van der Waals surface area (Å²) in [5.74, 6) is -4.55. The Morgan fingerprint density at radius 2 is 1.54 bits per heavy atom. The number of benzene rings is 3. The fourth-order valence-corrected chi connectivity index (χ4v) is 6.87. The summed E-state index contributed by atoms with van der Waals surface area (Å²) in [5, 5.41) is 31.1. The number of carboxylic acid groups (broad SMARTS) is 1. The second-order valence-electron chi connectivity index (χ2n) is 14.0.